The molecule has 0 aliphatic heterocycles. The number of nitriles is 2. The van der Waals surface area contributed by atoms with Gasteiger partial charge in [-0.2, -0.15) is 10.5 Å². The highest BCUT2D eigenvalue weighted by molar-refractivity contribution is 5.05. The standard InChI is InChI=1S/C8H10N2/c1-7(3-4-9)5-8(2)6-10/h8H,1,3,5H2,2H3. The average molecular weight is 134 g/mol. The molecule has 0 radical (unpaired) electrons. The predicted molar refractivity (Wildman–Crippen MR) is 38.8 cm³/mol. The fourth-order valence-electron chi connectivity index (χ4n) is 0.663. The van der Waals surface area contributed by atoms with E-state index < -0.39 is 0 Å². The molecule has 52 valence electrons. The van der Waals surface area contributed by atoms with Gasteiger partial charge in [-0.05, 0) is 13.3 Å². The second-order valence-corrected chi connectivity index (χ2v) is 2.32. The molecule has 0 saturated carbocycles. The molecule has 0 aromatic heterocycles. The molecule has 2 heteroatoms. The highest BCUT2D eigenvalue weighted by atomic mass is 14.3. The number of hydrogen-bond acceptors (Lipinski definition) is 2. The second kappa shape index (κ2) is 4.58. The van der Waals surface area contributed by atoms with Crippen LogP contribution in [0.3, 0.4) is 0 Å². The first-order chi connectivity index (χ1) is 4.70. The molecule has 0 aliphatic rings. The van der Waals surface area contributed by atoms with Crippen molar-refractivity contribution < 1.29 is 0 Å². The fraction of sp³-hybridized carbons (Fsp3) is 0.500. The summed E-state index contributed by atoms with van der Waals surface area (Å²) in [6.45, 7) is 5.48. The Hall–Kier alpha value is -1.28. The van der Waals surface area contributed by atoms with Crippen molar-refractivity contribution in [2.24, 2.45) is 5.92 Å². The molecule has 0 aromatic rings. The topological polar surface area (TPSA) is 47.6 Å². The lowest BCUT2D eigenvalue weighted by molar-refractivity contribution is 0.724. The first-order valence-corrected chi connectivity index (χ1v) is 3.14. The molecule has 2 nitrogen and oxygen atoms in total. The third-order valence-corrected chi connectivity index (χ3v) is 1.14. The second-order valence-electron chi connectivity index (χ2n) is 2.32. The van der Waals surface area contributed by atoms with Crippen LogP contribution in [0, 0.1) is 28.6 Å². The van der Waals surface area contributed by atoms with E-state index in [4.69, 9.17) is 10.5 Å². The van der Waals surface area contributed by atoms with Crippen LogP contribution in [0.5, 0.6) is 0 Å². The van der Waals surface area contributed by atoms with E-state index >= 15 is 0 Å². The van der Waals surface area contributed by atoms with Gasteiger partial charge >= 0.3 is 0 Å². The molecule has 0 spiro atoms. The van der Waals surface area contributed by atoms with E-state index in [1.54, 1.807) is 0 Å². The van der Waals surface area contributed by atoms with Gasteiger partial charge in [0.15, 0.2) is 0 Å². The molecule has 0 saturated heterocycles. The van der Waals surface area contributed by atoms with E-state index in [0.717, 1.165) is 5.57 Å². The minimum atomic E-state index is -0.0131. The van der Waals surface area contributed by atoms with Crippen molar-refractivity contribution >= 4 is 0 Å². The first-order valence-electron chi connectivity index (χ1n) is 3.14. The summed E-state index contributed by atoms with van der Waals surface area (Å²) in [4.78, 5) is 0. The third-order valence-electron chi connectivity index (χ3n) is 1.14. The SMILES string of the molecule is C=C(CC#N)CC(C)C#N. The summed E-state index contributed by atoms with van der Waals surface area (Å²) >= 11 is 0. The first kappa shape index (κ1) is 8.72. The van der Waals surface area contributed by atoms with Crippen molar-refractivity contribution in [3.8, 4) is 12.1 Å². The van der Waals surface area contributed by atoms with E-state index in [2.05, 4.69) is 12.6 Å². The quantitative estimate of drug-likeness (QED) is 0.554. The third kappa shape index (κ3) is 3.69. The van der Waals surface area contributed by atoms with Crippen molar-refractivity contribution in [3.05, 3.63) is 12.2 Å². The number of allylic oxidation sites excluding steroid dienone is 1. The molecule has 0 amide bonds. The van der Waals surface area contributed by atoms with Crippen LogP contribution in [0.25, 0.3) is 0 Å². The van der Waals surface area contributed by atoms with E-state index in [-0.39, 0.29) is 5.92 Å². The number of rotatable bonds is 3. The molecular formula is C8H10N2. The summed E-state index contributed by atoms with van der Waals surface area (Å²) in [5.74, 6) is -0.0131. The summed E-state index contributed by atoms with van der Waals surface area (Å²) in [7, 11) is 0. The van der Waals surface area contributed by atoms with Gasteiger partial charge in [-0.1, -0.05) is 12.2 Å². The van der Waals surface area contributed by atoms with Crippen LogP contribution in [0.2, 0.25) is 0 Å². The van der Waals surface area contributed by atoms with Gasteiger partial charge in [0.2, 0.25) is 0 Å². The van der Waals surface area contributed by atoms with E-state index in [1.165, 1.54) is 0 Å². The highest BCUT2D eigenvalue weighted by Gasteiger charge is 2.00. The van der Waals surface area contributed by atoms with Crippen LogP contribution in [0.4, 0.5) is 0 Å². The summed E-state index contributed by atoms with van der Waals surface area (Å²) < 4.78 is 0. The highest BCUT2D eigenvalue weighted by Crippen LogP contribution is 2.10. The monoisotopic (exact) mass is 134 g/mol. The van der Waals surface area contributed by atoms with Gasteiger partial charge in [0, 0.05) is 5.92 Å². The minimum absolute atomic E-state index is 0.0131. The van der Waals surface area contributed by atoms with E-state index in [0.29, 0.717) is 12.8 Å². The molecule has 0 bridgehead atoms. The predicted octanol–water partition coefficient (Wildman–Crippen LogP) is 2.01. The maximum Gasteiger partial charge on any atom is 0.0666 e. The average Bonchev–Trinajstić information content (AvgIpc) is 1.88. The van der Waals surface area contributed by atoms with Crippen LogP contribution in [-0.2, 0) is 0 Å². The maximum atomic E-state index is 8.38. The normalized spacial score (nSPS) is 11.1. The van der Waals surface area contributed by atoms with Crippen LogP contribution < -0.4 is 0 Å². The lowest BCUT2D eigenvalue weighted by Gasteiger charge is -2.00. The Bertz CT molecular complexity index is 192. The Balaban J connectivity index is 3.63. The Labute approximate surface area is 61.4 Å². The van der Waals surface area contributed by atoms with Crippen molar-refractivity contribution in [2.75, 3.05) is 0 Å². The Morgan fingerprint density at radius 3 is 2.60 bits per heavy atom. The summed E-state index contributed by atoms with van der Waals surface area (Å²) in [5, 5.41) is 16.6. The molecule has 0 rings (SSSR count). The minimum Gasteiger partial charge on any atom is -0.198 e. The Morgan fingerprint density at radius 2 is 2.20 bits per heavy atom. The van der Waals surface area contributed by atoms with E-state index in [1.807, 2.05) is 13.0 Å². The van der Waals surface area contributed by atoms with Crippen LogP contribution in [-0.4, -0.2) is 0 Å². The van der Waals surface area contributed by atoms with Crippen LogP contribution >= 0.6 is 0 Å². The van der Waals surface area contributed by atoms with Gasteiger partial charge in [-0.25, -0.2) is 0 Å². The molecule has 0 aliphatic carbocycles. The van der Waals surface area contributed by atoms with Gasteiger partial charge in [-0.15, -0.1) is 0 Å². The number of hydrogen-bond donors (Lipinski definition) is 0. The van der Waals surface area contributed by atoms with E-state index in [9.17, 15) is 0 Å². The van der Waals surface area contributed by atoms with Gasteiger partial charge in [0.1, 0.15) is 0 Å². The maximum absolute atomic E-state index is 8.38. The van der Waals surface area contributed by atoms with Crippen molar-refractivity contribution in [1.82, 2.24) is 0 Å². The zero-order valence-corrected chi connectivity index (χ0v) is 6.09. The van der Waals surface area contributed by atoms with Gasteiger partial charge in [-0.3, -0.25) is 0 Å². The lowest BCUT2D eigenvalue weighted by atomic mass is 10.0. The number of nitrogens with zero attached hydrogens (tertiary/aromatic N) is 2. The zero-order valence-electron chi connectivity index (χ0n) is 6.09. The summed E-state index contributed by atoms with van der Waals surface area (Å²) in [6.07, 6.45) is 1.01. The largest absolute Gasteiger partial charge is 0.198 e. The van der Waals surface area contributed by atoms with Crippen LogP contribution in [0.1, 0.15) is 19.8 Å². The molecule has 0 N–H and O–H groups in total. The van der Waals surface area contributed by atoms with Crippen LogP contribution in [0.15, 0.2) is 12.2 Å². The van der Waals surface area contributed by atoms with Crippen molar-refractivity contribution in [3.63, 3.8) is 0 Å². The smallest absolute Gasteiger partial charge is 0.0666 e. The van der Waals surface area contributed by atoms with Gasteiger partial charge in [0.25, 0.3) is 0 Å². The van der Waals surface area contributed by atoms with Crippen molar-refractivity contribution in [2.45, 2.75) is 19.8 Å². The van der Waals surface area contributed by atoms with Gasteiger partial charge < -0.3 is 0 Å². The Morgan fingerprint density at radius 1 is 1.60 bits per heavy atom. The molecule has 0 aromatic carbocycles. The molecule has 1 atom stereocenters. The van der Waals surface area contributed by atoms with Gasteiger partial charge in [0.05, 0.1) is 18.6 Å². The molecule has 1 unspecified atom stereocenters. The summed E-state index contributed by atoms with van der Waals surface area (Å²) in [5.41, 5.74) is 0.844. The molecule has 0 heterocycles. The van der Waals surface area contributed by atoms with Crippen molar-refractivity contribution in [1.29, 1.82) is 10.5 Å². The lowest BCUT2D eigenvalue weighted by Crippen LogP contribution is -1.91. The Kier molecular flexibility index (Phi) is 4.00. The zero-order chi connectivity index (χ0) is 7.98. The molecule has 10 heavy (non-hydrogen) atoms. The fourth-order valence-corrected chi connectivity index (χ4v) is 0.663. The molecule has 0 fully saturated rings. The molecular weight excluding hydrogens is 124 g/mol. The summed E-state index contributed by atoms with van der Waals surface area (Å²) in [6, 6.07) is 4.07.